The number of carbonyl (C=O) groups excluding carboxylic acids is 1. The van der Waals surface area contributed by atoms with Gasteiger partial charge in [0, 0.05) is 17.3 Å². The van der Waals surface area contributed by atoms with E-state index in [1.54, 1.807) is 17.4 Å². The molecule has 1 atom stereocenters. The van der Waals surface area contributed by atoms with Gasteiger partial charge in [0.05, 0.1) is 12.1 Å². The van der Waals surface area contributed by atoms with Gasteiger partial charge in [-0.05, 0) is 24.4 Å². The largest absolute Gasteiger partial charge is 0.467 e. The minimum absolute atomic E-state index is 0.0902. The Balaban J connectivity index is 1.90. The molecule has 4 nitrogen and oxygen atoms in total. The molecule has 18 heavy (non-hydrogen) atoms. The van der Waals surface area contributed by atoms with Crippen molar-refractivity contribution in [2.75, 3.05) is 0 Å². The van der Waals surface area contributed by atoms with E-state index in [0.717, 1.165) is 6.42 Å². The van der Waals surface area contributed by atoms with Crippen LogP contribution in [0, 0.1) is 0 Å². The molecule has 2 aromatic heterocycles. The van der Waals surface area contributed by atoms with E-state index in [0.29, 0.717) is 17.9 Å². The highest BCUT2D eigenvalue weighted by atomic mass is 32.1. The molecule has 0 bridgehead atoms. The first kappa shape index (κ1) is 12.9. The molecule has 0 aliphatic rings. The summed E-state index contributed by atoms with van der Waals surface area (Å²) in [7, 11) is 0. The van der Waals surface area contributed by atoms with Crippen LogP contribution in [0.2, 0.25) is 0 Å². The minimum Gasteiger partial charge on any atom is -0.467 e. The molecular formula is C13H16N2O2S. The van der Waals surface area contributed by atoms with Gasteiger partial charge in [-0.25, -0.2) is 0 Å². The van der Waals surface area contributed by atoms with Crippen LogP contribution in [-0.2, 0) is 13.0 Å². The van der Waals surface area contributed by atoms with E-state index in [2.05, 4.69) is 11.4 Å². The molecule has 5 heteroatoms. The van der Waals surface area contributed by atoms with Crippen molar-refractivity contribution in [3.63, 3.8) is 0 Å². The predicted molar refractivity (Wildman–Crippen MR) is 71.6 cm³/mol. The van der Waals surface area contributed by atoms with Crippen molar-refractivity contribution >= 4 is 17.2 Å². The first-order chi connectivity index (χ1) is 8.69. The summed E-state index contributed by atoms with van der Waals surface area (Å²) in [6, 6.07) is 5.84. The van der Waals surface area contributed by atoms with Gasteiger partial charge in [0.15, 0.2) is 0 Å². The summed E-state index contributed by atoms with van der Waals surface area (Å²) >= 11 is 1.70. The van der Waals surface area contributed by atoms with E-state index in [4.69, 9.17) is 10.2 Å². The lowest BCUT2D eigenvalue weighted by Crippen LogP contribution is -2.33. The fourth-order valence-electron chi connectivity index (χ4n) is 1.70. The second-order valence-corrected chi connectivity index (χ2v) is 5.20. The summed E-state index contributed by atoms with van der Waals surface area (Å²) < 4.78 is 5.14. The number of carbonyl (C=O) groups is 1. The van der Waals surface area contributed by atoms with Crippen LogP contribution in [0.3, 0.4) is 0 Å². The summed E-state index contributed by atoms with van der Waals surface area (Å²) in [5, 5.41) is 4.97. The molecule has 0 aliphatic heterocycles. The molecule has 2 aromatic rings. The third-order valence-electron chi connectivity index (χ3n) is 2.58. The number of furan rings is 1. The van der Waals surface area contributed by atoms with Crippen LogP contribution in [-0.4, -0.2) is 11.9 Å². The molecule has 0 aromatic carbocycles. The molecule has 0 radical (unpaired) electrons. The van der Waals surface area contributed by atoms with E-state index in [1.807, 2.05) is 18.4 Å². The number of hydrogen-bond acceptors (Lipinski definition) is 4. The molecule has 0 saturated heterocycles. The van der Waals surface area contributed by atoms with Gasteiger partial charge in [-0.2, -0.15) is 0 Å². The number of amides is 1. The van der Waals surface area contributed by atoms with Crippen LogP contribution in [0.25, 0.3) is 0 Å². The maximum Gasteiger partial charge on any atom is 0.254 e. The Bertz CT molecular complexity index is 505. The average molecular weight is 264 g/mol. The monoisotopic (exact) mass is 264 g/mol. The standard InChI is InChI=1S/C13H16N2O2S/c1-9(5-12-3-2-4-18-12)15-13(16)10-6-11(7-14)17-8-10/h2-4,6,8-9H,5,7,14H2,1H3,(H,15,16). The van der Waals surface area contributed by atoms with Gasteiger partial charge < -0.3 is 15.5 Å². The van der Waals surface area contributed by atoms with Gasteiger partial charge in [0.25, 0.3) is 5.91 Å². The number of rotatable bonds is 5. The zero-order valence-electron chi connectivity index (χ0n) is 10.2. The third-order valence-corrected chi connectivity index (χ3v) is 3.48. The highest BCUT2D eigenvalue weighted by Gasteiger charge is 2.13. The second kappa shape index (κ2) is 5.84. The first-order valence-electron chi connectivity index (χ1n) is 5.79. The topological polar surface area (TPSA) is 68.3 Å². The first-order valence-corrected chi connectivity index (χ1v) is 6.67. The Kier molecular flexibility index (Phi) is 4.17. The minimum atomic E-state index is -0.123. The number of nitrogens with one attached hydrogen (secondary N) is 1. The second-order valence-electron chi connectivity index (χ2n) is 4.16. The maximum absolute atomic E-state index is 11.9. The molecule has 96 valence electrons. The molecule has 1 amide bonds. The van der Waals surface area contributed by atoms with Gasteiger partial charge in [-0.1, -0.05) is 6.07 Å². The molecule has 3 N–H and O–H groups in total. The van der Waals surface area contributed by atoms with E-state index in [-0.39, 0.29) is 11.9 Å². The number of nitrogens with two attached hydrogens (primary N) is 1. The molecule has 0 aliphatic carbocycles. The van der Waals surface area contributed by atoms with Crippen molar-refractivity contribution in [3.05, 3.63) is 46.0 Å². The Labute approximate surface area is 110 Å². The van der Waals surface area contributed by atoms with Gasteiger partial charge >= 0.3 is 0 Å². The third kappa shape index (κ3) is 3.21. The highest BCUT2D eigenvalue weighted by molar-refractivity contribution is 7.09. The summed E-state index contributed by atoms with van der Waals surface area (Å²) in [5.74, 6) is 0.494. The van der Waals surface area contributed by atoms with Crippen molar-refractivity contribution in [1.82, 2.24) is 5.32 Å². The highest BCUT2D eigenvalue weighted by Crippen LogP contribution is 2.12. The fourth-order valence-corrected chi connectivity index (χ4v) is 2.53. The van der Waals surface area contributed by atoms with Crippen molar-refractivity contribution < 1.29 is 9.21 Å². The van der Waals surface area contributed by atoms with Crippen LogP contribution in [0.1, 0.15) is 27.9 Å². The summed E-state index contributed by atoms with van der Waals surface area (Å²) in [4.78, 5) is 13.2. The smallest absolute Gasteiger partial charge is 0.254 e. The molecule has 2 heterocycles. The SMILES string of the molecule is CC(Cc1cccs1)NC(=O)c1coc(CN)c1. The Morgan fingerprint density at radius 2 is 2.44 bits per heavy atom. The average Bonchev–Trinajstić information content (AvgIpc) is 2.98. The van der Waals surface area contributed by atoms with Gasteiger partial charge in [0.1, 0.15) is 12.0 Å². The Morgan fingerprint density at radius 1 is 1.61 bits per heavy atom. The fraction of sp³-hybridized carbons (Fsp3) is 0.308. The lowest BCUT2D eigenvalue weighted by molar-refractivity contribution is 0.0939. The Hall–Kier alpha value is -1.59. The number of thiophene rings is 1. The van der Waals surface area contributed by atoms with Crippen molar-refractivity contribution in [3.8, 4) is 0 Å². The summed E-state index contributed by atoms with van der Waals surface area (Å²) in [6.07, 6.45) is 2.28. The van der Waals surface area contributed by atoms with Crippen LogP contribution >= 0.6 is 11.3 Å². The molecule has 2 rings (SSSR count). The summed E-state index contributed by atoms with van der Waals surface area (Å²) in [5.41, 5.74) is 5.95. The van der Waals surface area contributed by atoms with Crippen LogP contribution in [0.4, 0.5) is 0 Å². The van der Waals surface area contributed by atoms with E-state index in [1.165, 1.54) is 11.1 Å². The molecule has 0 saturated carbocycles. The Morgan fingerprint density at radius 3 is 3.06 bits per heavy atom. The van der Waals surface area contributed by atoms with Gasteiger partial charge in [0.2, 0.25) is 0 Å². The van der Waals surface area contributed by atoms with Crippen LogP contribution < -0.4 is 11.1 Å². The predicted octanol–water partition coefficient (Wildman–Crippen LogP) is 2.16. The van der Waals surface area contributed by atoms with Crippen LogP contribution in [0.5, 0.6) is 0 Å². The molecular weight excluding hydrogens is 248 g/mol. The lowest BCUT2D eigenvalue weighted by atomic mass is 10.2. The van der Waals surface area contributed by atoms with E-state index >= 15 is 0 Å². The zero-order chi connectivity index (χ0) is 13.0. The zero-order valence-corrected chi connectivity index (χ0v) is 11.0. The quantitative estimate of drug-likeness (QED) is 0.869. The van der Waals surface area contributed by atoms with Gasteiger partial charge in [-0.3, -0.25) is 4.79 Å². The van der Waals surface area contributed by atoms with E-state index in [9.17, 15) is 4.79 Å². The molecule has 1 unspecified atom stereocenters. The van der Waals surface area contributed by atoms with E-state index < -0.39 is 0 Å². The normalized spacial score (nSPS) is 12.3. The van der Waals surface area contributed by atoms with Crippen LogP contribution in [0.15, 0.2) is 34.3 Å². The molecule has 0 spiro atoms. The maximum atomic E-state index is 11.9. The summed E-state index contributed by atoms with van der Waals surface area (Å²) in [6.45, 7) is 2.29. The number of hydrogen-bond donors (Lipinski definition) is 2. The lowest BCUT2D eigenvalue weighted by Gasteiger charge is -2.11. The van der Waals surface area contributed by atoms with Crippen molar-refractivity contribution in [2.45, 2.75) is 25.9 Å². The van der Waals surface area contributed by atoms with Crippen molar-refractivity contribution in [1.29, 1.82) is 0 Å². The van der Waals surface area contributed by atoms with Crippen molar-refractivity contribution in [2.24, 2.45) is 5.73 Å². The van der Waals surface area contributed by atoms with Gasteiger partial charge in [-0.15, -0.1) is 11.3 Å². The molecule has 0 fully saturated rings.